The number of carbonyl (C=O) groups excluding carboxylic acids is 2. The molecule has 3 amide bonds. The average molecular weight is 473 g/mol. The van der Waals surface area contributed by atoms with Gasteiger partial charge >= 0.3 is 6.03 Å². The zero-order valence-corrected chi connectivity index (χ0v) is 19.6. The van der Waals surface area contributed by atoms with Crippen LogP contribution in [-0.4, -0.2) is 76.5 Å². The summed E-state index contributed by atoms with van der Waals surface area (Å²) < 4.78 is 15.4. The van der Waals surface area contributed by atoms with E-state index in [0.29, 0.717) is 44.0 Å². The van der Waals surface area contributed by atoms with Crippen LogP contribution in [0.15, 0.2) is 36.4 Å². The predicted molar refractivity (Wildman–Crippen MR) is 126 cm³/mol. The first-order valence-electron chi connectivity index (χ1n) is 10.6. The molecule has 33 heavy (non-hydrogen) atoms. The molecule has 1 aromatic heterocycles. The van der Waals surface area contributed by atoms with Gasteiger partial charge in [-0.25, -0.2) is 14.2 Å². The first kappa shape index (κ1) is 23.0. The number of aryl methyl sites for hydroxylation is 1. The number of aromatic nitrogens is 2. The molecule has 3 aromatic rings. The number of benzene rings is 2. The van der Waals surface area contributed by atoms with Crippen molar-refractivity contribution >= 4 is 40.3 Å². The van der Waals surface area contributed by atoms with Crippen LogP contribution in [0.4, 0.5) is 14.9 Å². The summed E-state index contributed by atoms with van der Waals surface area (Å²) in [6.07, 6.45) is 0. The van der Waals surface area contributed by atoms with Crippen LogP contribution < -0.4 is 5.32 Å². The van der Waals surface area contributed by atoms with E-state index in [1.165, 1.54) is 18.2 Å². The molecule has 1 aliphatic heterocycles. The Bertz CT molecular complexity index is 1200. The monoisotopic (exact) mass is 472 g/mol. The lowest BCUT2D eigenvalue weighted by Gasteiger charge is -2.34. The van der Waals surface area contributed by atoms with Gasteiger partial charge in [-0.1, -0.05) is 11.6 Å². The van der Waals surface area contributed by atoms with Crippen LogP contribution in [0.2, 0.25) is 5.02 Å². The molecule has 2 aromatic carbocycles. The van der Waals surface area contributed by atoms with E-state index < -0.39 is 5.82 Å². The van der Waals surface area contributed by atoms with Crippen molar-refractivity contribution < 1.29 is 14.0 Å². The Morgan fingerprint density at radius 3 is 2.52 bits per heavy atom. The summed E-state index contributed by atoms with van der Waals surface area (Å²) in [4.78, 5) is 35.1. The van der Waals surface area contributed by atoms with Gasteiger partial charge in [0, 0.05) is 58.6 Å². The molecule has 1 fully saturated rings. The smallest absolute Gasteiger partial charge is 0.321 e. The lowest BCUT2D eigenvalue weighted by molar-refractivity contribution is 0.0827. The maximum absolute atomic E-state index is 13.3. The highest BCUT2D eigenvalue weighted by molar-refractivity contribution is 6.31. The lowest BCUT2D eigenvalue weighted by Crippen LogP contribution is -2.49. The minimum absolute atomic E-state index is 0.0294. The third kappa shape index (κ3) is 4.94. The number of anilines is 1. The second-order valence-electron chi connectivity index (χ2n) is 8.31. The third-order valence-corrected chi connectivity index (χ3v) is 6.11. The predicted octanol–water partition coefficient (Wildman–Crippen LogP) is 3.42. The Kier molecular flexibility index (Phi) is 6.53. The van der Waals surface area contributed by atoms with Crippen LogP contribution in [0.5, 0.6) is 0 Å². The van der Waals surface area contributed by atoms with Crippen molar-refractivity contribution in [3.05, 3.63) is 58.6 Å². The molecule has 0 aliphatic carbocycles. The second-order valence-corrected chi connectivity index (χ2v) is 8.72. The van der Waals surface area contributed by atoms with Crippen LogP contribution in [0, 0.1) is 5.82 Å². The van der Waals surface area contributed by atoms with E-state index in [-0.39, 0.29) is 17.0 Å². The van der Waals surface area contributed by atoms with Gasteiger partial charge in [-0.05, 0) is 36.4 Å². The third-order valence-electron chi connectivity index (χ3n) is 5.82. The van der Waals surface area contributed by atoms with E-state index in [0.717, 1.165) is 16.9 Å². The molecule has 0 unspecified atom stereocenters. The molecule has 0 radical (unpaired) electrons. The average Bonchev–Trinajstić information content (AvgIpc) is 3.10. The molecule has 8 nitrogen and oxygen atoms in total. The summed E-state index contributed by atoms with van der Waals surface area (Å²) >= 11 is 5.79. The van der Waals surface area contributed by atoms with Crippen molar-refractivity contribution in [2.24, 2.45) is 7.05 Å². The SMILES string of the molecule is CN(C)C(=O)c1ccc2c(c1)nc(CN1CCN(C(=O)Nc3ccc(F)c(Cl)c3)CC1)n2C. The van der Waals surface area contributed by atoms with Gasteiger partial charge < -0.3 is 19.7 Å². The molecule has 1 saturated heterocycles. The number of halogens is 2. The highest BCUT2D eigenvalue weighted by atomic mass is 35.5. The summed E-state index contributed by atoms with van der Waals surface area (Å²) in [6, 6.07) is 9.44. The Labute approximate surface area is 196 Å². The lowest BCUT2D eigenvalue weighted by atomic mass is 10.2. The molecular formula is C23H26ClFN6O2. The molecular weight excluding hydrogens is 447 g/mol. The number of hydrogen-bond acceptors (Lipinski definition) is 4. The highest BCUT2D eigenvalue weighted by Gasteiger charge is 2.23. The summed E-state index contributed by atoms with van der Waals surface area (Å²) in [5, 5.41) is 2.73. The number of carbonyl (C=O) groups is 2. The first-order chi connectivity index (χ1) is 15.7. The number of imidazole rings is 1. The van der Waals surface area contributed by atoms with Gasteiger partial charge in [0.25, 0.3) is 5.91 Å². The van der Waals surface area contributed by atoms with E-state index in [2.05, 4.69) is 10.2 Å². The molecule has 10 heteroatoms. The fraction of sp³-hybridized carbons (Fsp3) is 0.348. The number of fused-ring (bicyclic) bond motifs is 1. The standard InChI is InChI=1S/C23H26ClFN6O2/c1-28(2)22(32)15-4-7-20-19(12-15)27-21(29(20)3)14-30-8-10-31(11-9-30)23(33)26-16-5-6-18(25)17(24)13-16/h4-7,12-13H,8-11,14H2,1-3H3,(H,26,33). The van der Waals surface area contributed by atoms with Crippen LogP contribution in [-0.2, 0) is 13.6 Å². The molecule has 0 spiro atoms. The molecule has 0 bridgehead atoms. The van der Waals surface area contributed by atoms with Crippen molar-refractivity contribution in [1.29, 1.82) is 0 Å². The molecule has 4 rings (SSSR count). The fourth-order valence-electron chi connectivity index (χ4n) is 3.87. The van der Waals surface area contributed by atoms with Gasteiger partial charge in [0.15, 0.2) is 0 Å². The first-order valence-corrected chi connectivity index (χ1v) is 11.0. The summed E-state index contributed by atoms with van der Waals surface area (Å²) in [5.74, 6) is 0.325. The molecule has 2 heterocycles. The molecule has 174 valence electrons. The molecule has 1 aliphatic rings. The van der Waals surface area contributed by atoms with E-state index in [1.54, 1.807) is 23.9 Å². The van der Waals surface area contributed by atoms with Crippen LogP contribution in [0.1, 0.15) is 16.2 Å². The van der Waals surface area contributed by atoms with E-state index >= 15 is 0 Å². The highest BCUT2D eigenvalue weighted by Crippen LogP contribution is 2.21. The Morgan fingerprint density at radius 1 is 1.12 bits per heavy atom. The molecule has 1 N–H and O–H groups in total. The van der Waals surface area contributed by atoms with Crippen molar-refractivity contribution in [3.63, 3.8) is 0 Å². The van der Waals surface area contributed by atoms with Gasteiger partial charge in [0.05, 0.1) is 22.6 Å². The Hall–Kier alpha value is -3.17. The van der Waals surface area contributed by atoms with E-state index in [1.807, 2.05) is 29.8 Å². The minimum atomic E-state index is -0.522. The molecule has 0 atom stereocenters. The zero-order chi connectivity index (χ0) is 23.7. The summed E-state index contributed by atoms with van der Waals surface area (Å²) in [6.45, 7) is 3.17. The van der Waals surface area contributed by atoms with Crippen LogP contribution >= 0.6 is 11.6 Å². The quantitative estimate of drug-likeness (QED) is 0.631. The van der Waals surface area contributed by atoms with Gasteiger partial charge in [-0.3, -0.25) is 9.69 Å². The fourth-order valence-corrected chi connectivity index (χ4v) is 4.05. The molecule has 0 saturated carbocycles. The number of rotatable bonds is 4. The minimum Gasteiger partial charge on any atom is -0.345 e. The van der Waals surface area contributed by atoms with Crippen molar-refractivity contribution in [1.82, 2.24) is 24.3 Å². The Balaban J connectivity index is 1.37. The number of nitrogens with zero attached hydrogens (tertiary/aromatic N) is 5. The Morgan fingerprint density at radius 2 is 1.85 bits per heavy atom. The van der Waals surface area contributed by atoms with Gasteiger partial charge in [-0.15, -0.1) is 0 Å². The van der Waals surface area contributed by atoms with Crippen molar-refractivity contribution in [3.8, 4) is 0 Å². The van der Waals surface area contributed by atoms with E-state index in [4.69, 9.17) is 16.6 Å². The number of urea groups is 1. The number of nitrogens with one attached hydrogen (secondary N) is 1. The second kappa shape index (κ2) is 9.36. The van der Waals surface area contributed by atoms with Gasteiger partial charge in [0.2, 0.25) is 0 Å². The largest absolute Gasteiger partial charge is 0.345 e. The summed E-state index contributed by atoms with van der Waals surface area (Å²) in [5.41, 5.74) is 2.83. The van der Waals surface area contributed by atoms with Gasteiger partial charge in [-0.2, -0.15) is 0 Å². The van der Waals surface area contributed by atoms with Crippen LogP contribution in [0.3, 0.4) is 0 Å². The zero-order valence-electron chi connectivity index (χ0n) is 18.8. The topological polar surface area (TPSA) is 73.7 Å². The maximum atomic E-state index is 13.3. The van der Waals surface area contributed by atoms with Crippen LogP contribution in [0.25, 0.3) is 11.0 Å². The van der Waals surface area contributed by atoms with Gasteiger partial charge in [0.1, 0.15) is 11.6 Å². The number of hydrogen-bond donors (Lipinski definition) is 1. The van der Waals surface area contributed by atoms with E-state index in [9.17, 15) is 14.0 Å². The van der Waals surface area contributed by atoms with Crippen molar-refractivity contribution in [2.45, 2.75) is 6.54 Å². The number of amides is 3. The summed E-state index contributed by atoms with van der Waals surface area (Å²) in [7, 11) is 5.42. The van der Waals surface area contributed by atoms with Crippen molar-refractivity contribution in [2.75, 3.05) is 45.6 Å². The normalized spacial score (nSPS) is 14.5. The maximum Gasteiger partial charge on any atom is 0.321 e. The number of piperazine rings is 1.